The van der Waals surface area contributed by atoms with Crippen LogP contribution in [-0.2, 0) is 26.2 Å². The second-order valence-electron chi connectivity index (χ2n) is 6.99. The van der Waals surface area contributed by atoms with Crippen LogP contribution in [0.15, 0.2) is 48.5 Å². The van der Waals surface area contributed by atoms with Crippen LogP contribution in [0.1, 0.15) is 12.5 Å². The number of anilines is 1. The van der Waals surface area contributed by atoms with Crippen LogP contribution in [0.25, 0.3) is 0 Å². The van der Waals surface area contributed by atoms with Crippen molar-refractivity contribution in [3.63, 3.8) is 0 Å². The fourth-order valence-corrected chi connectivity index (χ4v) is 4.05. The predicted molar refractivity (Wildman–Crippen MR) is 121 cm³/mol. The van der Waals surface area contributed by atoms with Gasteiger partial charge < -0.3 is 10.2 Å². The summed E-state index contributed by atoms with van der Waals surface area (Å²) in [6.45, 7) is 0.863. The number of non-ortho nitro benzene ring substituents is 1. The van der Waals surface area contributed by atoms with Crippen molar-refractivity contribution in [1.82, 2.24) is 10.2 Å². The maximum Gasteiger partial charge on any atom is 0.271 e. The lowest BCUT2D eigenvalue weighted by molar-refractivity contribution is -0.384. The van der Waals surface area contributed by atoms with Crippen molar-refractivity contribution in [2.45, 2.75) is 19.5 Å². The molecule has 2 rings (SSSR count). The quantitative estimate of drug-likeness (QED) is 0.430. The van der Waals surface area contributed by atoms with E-state index in [1.54, 1.807) is 24.3 Å². The monoisotopic (exact) mass is 482 g/mol. The normalized spacial score (nSPS) is 12.0. The second-order valence-corrected chi connectivity index (χ2v) is 9.33. The van der Waals surface area contributed by atoms with E-state index in [9.17, 15) is 28.1 Å². The molecule has 0 aliphatic rings. The zero-order valence-corrected chi connectivity index (χ0v) is 19.3. The molecule has 0 bridgehead atoms. The zero-order valence-electron chi connectivity index (χ0n) is 17.7. The highest BCUT2D eigenvalue weighted by atomic mass is 35.5. The van der Waals surface area contributed by atoms with Gasteiger partial charge in [0.2, 0.25) is 21.8 Å². The van der Waals surface area contributed by atoms with Crippen LogP contribution < -0.4 is 9.62 Å². The van der Waals surface area contributed by atoms with Gasteiger partial charge >= 0.3 is 0 Å². The fourth-order valence-electron chi connectivity index (χ4n) is 3.00. The topological polar surface area (TPSA) is 130 Å². The van der Waals surface area contributed by atoms with Gasteiger partial charge in [-0.25, -0.2) is 8.42 Å². The van der Waals surface area contributed by atoms with E-state index in [0.29, 0.717) is 10.6 Å². The highest BCUT2D eigenvalue weighted by molar-refractivity contribution is 7.92. The van der Waals surface area contributed by atoms with Crippen molar-refractivity contribution in [3.8, 4) is 0 Å². The van der Waals surface area contributed by atoms with E-state index in [1.165, 1.54) is 37.1 Å². The first kappa shape index (κ1) is 25.1. The van der Waals surface area contributed by atoms with Gasteiger partial charge in [0.15, 0.2) is 0 Å². The van der Waals surface area contributed by atoms with E-state index in [0.717, 1.165) is 16.6 Å². The minimum absolute atomic E-state index is 0.000515. The third kappa shape index (κ3) is 6.41. The van der Waals surface area contributed by atoms with Crippen molar-refractivity contribution < 1.29 is 22.9 Å². The summed E-state index contributed by atoms with van der Waals surface area (Å²) in [7, 11) is -2.56. The fraction of sp³-hybridized carbons (Fsp3) is 0.300. The molecule has 1 N–H and O–H groups in total. The van der Waals surface area contributed by atoms with Crippen molar-refractivity contribution in [3.05, 3.63) is 69.2 Å². The van der Waals surface area contributed by atoms with Crippen molar-refractivity contribution in [1.29, 1.82) is 0 Å². The van der Waals surface area contributed by atoms with E-state index in [-0.39, 0.29) is 17.9 Å². The highest BCUT2D eigenvalue weighted by Gasteiger charge is 2.30. The zero-order chi connectivity index (χ0) is 24.1. The van der Waals surface area contributed by atoms with Crippen molar-refractivity contribution >= 4 is 44.8 Å². The van der Waals surface area contributed by atoms with Gasteiger partial charge in [-0.2, -0.15) is 0 Å². The SMILES string of the molecule is CNC(=O)[C@H](C)N(Cc1cccc(Cl)c1)C(=O)CN(c1cccc([N+](=O)[O-])c1)S(C)(=O)=O. The molecule has 0 saturated heterocycles. The Balaban J connectivity index is 2.42. The number of likely N-dealkylation sites (N-methyl/N-ethyl adjacent to an activating group) is 1. The third-order valence-electron chi connectivity index (χ3n) is 4.66. The molecule has 32 heavy (non-hydrogen) atoms. The average molecular weight is 483 g/mol. The Hall–Kier alpha value is -3.18. The van der Waals surface area contributed by atoms with E-state index < -0.39 is 39.3 Å². The number of hydrogen-bond donors (Lipinski definition) is 1. The maximum atomic E-state index is 13.2. The van der Waals surface area contributed by atoms with Gasteiger partial charge in [-0.15, -0.1) is 0 Å². The third-order valence-corrected chi connectivity index (χ3v) is 6.04. The van der Waals surface area contributed by atoms with Crippen LogP contribution in [-0.4, -0.2) is 55.9 Å². The number of nitrogens with zero attached hydrogens (tertiary/aromatic N) is 3. The van der Waals surface area contributed by atoms with Gasteiger partial charge in [-0.1, -0.05) is 29.8 Å². The van der Waals surface area contributed by atoms with Gasteiger partial charge in [-0.05, 0) is 30.7 Å². The molecule has 0 spiro atoms. The van der Waals surface area contributed by atoms with Crippen LogP contribution in [0, 0.1) is 10.1 Å². The summed E-state index contributed by atoms with van der Waals surface area (Å²) in [5.74, 6) is -1.11. The van der Waals surface area contributed by atoms with Crippen LogP contribution in [0.5, 0.6) is 0 Å². The Morgan fingerprint density at radius 1 is 1.19 bits per heavy atom. The number of carbonyl (C=O) groups excluding carboxylic acids is 2. The summed E-state index contributed by atoms with van der Waals surface area (Å²) in [5, 5.41) is 14.0. The van der Waals surface area contributed by atoms with E-state index in [2.05, 4.69) is 5.32 Å². The molecule has 0 aliphatic heterocycles. The first-order valence-corrected chi connectivity index (χ1v) is 11.6. The molecule has 0 fully saturated rings. The lowest BCUT2D eigenvalue weighted by atomic mass is 10.1. The predicted octanol–water partition coefficient (Wildman–Crippen LogP) is 2.18. The summed E-state index contributed by atoms with van der Waals surface area (Å²) in [6.07, 6.45) is 0.891. The summed E-state index contributed by atoms with van der Waals surface area (Å²) < 4.78 is 25.6. The number of halogens is 1. The Kier molecular flexibility index (Phi) is 8.17. The number of benzene rings is 2. The largest absolute Gasteiger partial charge is 0.357 e. The molecule has 10 nitrogen and oxygen atoms in total. The molecule has 2 aromatic rings. The summed E-state index contributed by atoms with van der Waals surface area (Å²) in [5.41, 5.74) is 0.284. The molecule has 0 aromatic heterocycles. The van der Waals surface area contributed by atoms with Crippen LogP contribution >= 0.6 is 11.6 Å². The molecule has 12 heteroatoms. The number of rotatable bonds is 9. The molecule has 0 radical (unpaired) electrons. The lowest BCUT2D eigenvalue weighted by Crippen LogP contribution is -2.50. The van der Waals surface area contributed by atoms with Crippen molar-refractivity contribution in [2.75, 3.05) is 24.2 Å². The Bertz CT molecular complexity index is 1120. The summed E-state index contributed by atoms with van der Waals surface area (Å²) >= 11 is 6.02. The van der Waals surface area contributed by atoms with Crippen LogP contribution in [0.2, 0.25) is 5.02 Å². The smallest absolute Gasteiger partial charge is 0.271 e. The molecule has 2 amide bonds. The van der Waals surface area contributed by atoms with Crippen LogP contribution in [0.4, 0.5) is 11.4 Å². The van der Waals surface area contributed by atoms with E-state index >= 15 is 0 Å². The van der Waals surface area contributed by atoms with Gasteiger partial charge in [0.1, 0.15) is 12.6 Å². The number of nitro groups is 1. The molecule has 0 aliphatic carbocycles. The molecule has 0 heterocycles. The van der Waals surface area contributed by atoms with Gasteiger partial charge in [0.25, 0.3) is 5.69 Å². The number of amides is 2. The molecule has 172 valence electrons. The standard InChI is InChI=1S/C20H23ClN4O6S/c1-14(20(27)22-2)23(12-15-6-4-7-16(21)10-15)19(26)13-24(32(3,30)31)17-8-5-9-18(11-17)25(28)29/h4-11,14H,12-13H2,1-3H3,(H,22,27)/t14-/m0/s1. The van der Waals surface area contributed by atoms with Gasteiger partial charge in [-0.3, -0.25) is 24.0 Å². The van der Waals surface area contributed by atoms with Crippen LogP contribution in [0.3, 0.4) is 0 Å². The summed E-state index contributed by atoms with van der Waals surface area (Å²) in [6, 6.07) is 10.7. The molecule has 1 atom stereocenters. The number of nitro benzene ring substituents is 1. The Labute approximate surface area is 191 Å². The highest BCUT2D eigenvalue weighted by Crippen LogP contribution is 2.24. The second kappa shape index (κ2) is 10.4. The van der Waals surface area contributed by atoms with E-state index in [4.69, 9.17) is 11.6 Å². The molecular weight excluding hydrogens is 460 g/mol. The molecule has 2 aromatic carbocycles. The Morgan fingerprint density at radius 2 is 1.84 bits per heavy atom. The van der Waals surface area contributed by atoms with E-state index in [1.807, 2.05) is 0 Å². The molecule has 0 saturated carbocycles. The van der Waals surface area contributed by atoms with Gasteiger partial charge in [0, 0.05) is 30.7 Å². The number of sulfonamides is 1. The maximum absolute atomic E-state index is 13.2. The Morgan fingerprint density at radius 3 is 2.41 bits per heavy atom. The molecular formula is C20H23ClN4O6S. The number of carbonyl (C=O) groups is 2. The molecule has 0 unspecified atom stereocenters. The summed E-state index contributed by atoms with van der Waals surface area (Å²) in [4.78, 5) is 37.1. The van der Waals surface area contributed by atoms with Crippen molar-refractivity contribution in [2.24, 2.45) is 0 Å². The minimum Gasteiger partial charge on any atom is -0.357 e. The first-order valence-electron chi connectivity index (χ1n) is 9.41. The average Bonchev–Trinajstić information content (AvgIpc) is 2.73. The number of nitrogens with one attached hydrogen (secondary N) is 1. The van der Waals surface area contributed by atoms with Gasteiger partial charge in [0.05, 0.1) is 16.9 Å². The minimum atomic E-state index is -3.98. The lowest BCUT2D eigenvalue weighted by Gasteiger charge is -2.31. The first-order chi connectivity index (χ1) is 14.9. The number of hydrogen-bond acceptors (Lipinski definition) is 6.